The van der Waals surface area contributed by atoms with Crippen molar-refractivity contribution in [2.45, 2.75) is 6.92 Å². The summed E-state index contributed by atoms with van der Waals surface area (Å²) in [5, 5.41) is 2.35. The van der Waals surface area contributed by atoms with Crippen molar-refractivity contribution < 1.29 is 4.57 Å². The number of hydrogen-bond acceptors (Lipinski definition) is 1. The van der Waals surface area contributed by atoms with Gasteiger partial charge >= 0.3 is 0 Å². The fourth-order valence-electron chi connectivity index (χ4n) is 3.52. The van der Waals surface area contributed by atoms with Crippen LogP contribution < -0.4 is 10.6 Å². The van der Waals surface area contributed by atoms with E-state index in [9.17, 15) is 4.57 Å². The van der Waals surface area contributed by atoms with Gasteiger partial charge in [-0.1, -0.05) is 109 Å². The molecule has 0 atom stereocenters. The van der Waals surface area contributed by atoms with Crippen molar-refractivity contribution in [1.29, 1.82) is 0 Å². The van der Waals surface area contributed by atoms with Crippen molar-refractivity contribution in [3.63, 3.8) is 0 Å². The van der Waals surface area contributed by atoms with Gasteiger partial charge in [0.15, 0.2) is 7.14 Å². The van der Waals surface area contributed by atoms with E-state index in [0.717, 1.165) is 37.9 Å². The van der Waals surface area contributed by atoms with Crippen LogP contribution in [0.3, 0.4) is 0 Å². The minimum Gasteiger partial charge on any atom is -0.309 e. The molecule has 0 aliphatic rings. The van der Waals surface area contributed by atoms with Crippen molar-refractivity contribution in [3.8, 4) is 0 Å². The van der Waals surface area contributed by atoms with E-state index in [4.69, 9.17) is 11.6 Å². The van der Waals surface area contributed by atoms with Gasteiger partial charge in [-0.25, -0.2) is 0 Å². The third-order valence-corrected chi connectivity index (χ3v) is 8.32. The lowest BCUT2D eigenvalue weighted by atomic mass is 9.98. The van der Waals surface area contributed by atoms with E-state index in [-0.39, 0.29) is 0 Å². The first-order chi connectivity index (χ1) is 14.6. The van der Waals surface area contributed by atoms with E-state index in [2.05, 4.69) is 18.2 Å². The fourth-order valence-corrected chi connectivity index (χ4v) is 6.13. The summed E-state index contributed by atoms with van der Waals surface area (Å²) in [6.07, 6.45) is 0. The van der Waals surface area contributed by atoms with Crippen LogP contribution in [0.15, 0.2) is 115 Å². The van der Waals surface area contributed by atoms with Gasteiger partial charge in [-0.15, -0.1) is 0 Å². The summed E-state index contributed by atoms with van der Waals surface area (Å²) in [7, 11) is -3.03. The molecule has 0 aliphatic heterocycles. The molecular formula is C27H22ClOP. The third kappa shape index (κ3) is 4.19. The zero-order valence-corrected chi connectivity index (χ0v) is 18.4. The topological polar surface area (TPSA) is 17.1 Å². The second-order valence-corrected chi connectivity index (χ2v) is 10.2. The normalized spacial score (nSPS) is 12.0. The summed E-state index contributed by atoms with van der Waals surface area (Å²) in [5.41, 5.74) is 3.94. The molecule has 0 bridgehead atoms. The Kier molecular flexibility index (Phi) is 6.04. The number of benzene rings is 4. The summed E-state index contributed by atoms with van der Waals surface area (Å²) < 4.78 is 14.6. The molecule has 148 valence electrons. The largest absolute Gasteiger partial charge is 0.309 e. The van der Waals surface area contributed by atoms with E-state index in [1.807, 2.05) is 104 Å². The summed E-state index contributed by atoms with van der Waals surface area (Å²) in [4.78, 5) is 0. The Balaban J connectivity index is 2.00. The average Bonchev–Trinajstić information content (AvgIpc) is 2.81. The predicted molar refractivity (Wildman–Crippen MR) is 129 cm³/mol. The summed E-state index contributed by atoms with van der Waals surface area (Å²) in [6.45, 7) is 1.99. The van der Waals surface area contributed by atoms with Gasteiger partial charge in [0.25, 0.3) is 0 Å². The maximum Gasteiger partial charge on any atom is 0.164 e. The molecule has 4 aromatic carbocycles. The fraction of sp³-hybridized carbons (Fsp3) is 0.0370. The molecule has 0 aromatic heterocycles. The number of halogens is 1. The molecule has 0 saturated heterocycles. The van der Waals surface area contributed by atoms with Crippen molar-refractivity contribution >= 4 is 34.9 Å². The molecule has 3 heteroatoms. The maximum absolute atomic E-state index is 14.6. The first-order valence-electron chi connectivity index (χ1n) is 9.84. The predicted octanol–water partition coefficient (Wildman–Crippen LogP) is 7.05. The van der Waals surface area contributed by atoms with Gasteiger partial charge in [0, 0.05) is 15.6 Å². The molecular weight excluding hydrogens is 407 g/mol. The molecule has 1 nitrogen and oxygen atoms in total. The van der Waals surface area contributed by atoms with Crippen LogP contribution in [-0.2, 0) is 4.57 Å². The van der Waals surface area contributed by atoms with Crippen molar-refractivity contribution in [2.24, 2.45) is 0 Å². The molecule has 0 N–H and O–H groups in total. The standard InChI is InChI=1S/C27H22ClOP/c1-21-19-23(17-18-27(21)28)26(22-11-5-2-6-12-22)20-30(29,24-13-7-3-8-14-24)25-15-9-4-10-16-25/h2-20H,1H3/b26-20+. The summed E-state index contributed by atoms with van der Waals surface area (Å²) in [6, 6.07) is 35.5. The average molecular weight is 429 g/mol. The SMILES string of the molecule is Cc1cc(/C(=C/P(=O)(c2ccccc2)c2ccccc2)c2ccccc2)ccc1Cl. The van der Waals surface area contributed by atoms with Gasteiger partial charge in [-0.2, -0.15) is 0 Å². The number of aryl methyl sites for hydroxylation is 1. The van der Waals surface area contributed by atoms with E-state index < -0.39 is 7.14 Å². The van der Waals surface area contributed by atoms with E-state index in [1.165, 1.54) is 0 Å². The Labute approximate surface area is 183 Å². The first-order valence-corrected chi connectivity index (χ1v) is 12.0. The zero-order chi connectivity index (χ0) is 21.0. The maximum atomic E-state index is 14.6. The highest BCUT2D eigenvalue weighted by Crippen LogP contribution is 2.48. The summed E-state index contributed by atoms with van der Waals surface area (Å²) >= 11 is 6.28. The van der Waals surface area contributed by atoms with E-state index in [1.54, 1.807) is 0 Å². The molecule has 0 radical (unpaired) electrons. The Bertz CT molecular complexity index is 1170. The highest BCUT2D eigenvalue weighted by atomic mass is 35.5. The number of hydrogen-bond donors (Lipinski definition) is 0. The molecule has 4 aromatic rings. The quantitative estimate of drug-likeness (QED) is 0.311. The van der Waals surface area contributed by atoms with Crippen LogP contribution in [0.4, 0.5) is 0 Å². The minimum absolute atomic E-state index is 0.723. The van der Waals surface area contributed by atoms with Crippen LogP contribution in [0, 0.1) is 6.92 Å². The van der Waals surface area contributed by atoms with Crippen LogP contribution in [0.1, 0.15) is 16.7 Å². The molecule has 0 spiro atoms. The van der Waals surface area contributed by atoms with Gasteiger partial charge in [0.05, 0.1) is 0 Å². The molecule has 30 heavy (non-hydrogen) atoms. The molecule has 4 rings (SSSR count). The highest BCUT2D eigenvalue weighted by Gasteiger charge is 2.26. The molecule has 0 amide bonds. The second kappa shape index (κ2) is 8.88. The van der Waals surface area contributed by atoms with Crippen LogP contribution in [-0.4, -0.2) is 0 Å². The van der Waals surface area contributed by atoms with Crippen molar-refractivity contribution in [2.75, 3.05) is 0 Å². The zero-order valence-electron chi connectivity index (χ0n) is 16.7. The Morgan fingerprint density at radius 3 is 1.70 bits per heavy atom. The van der Waals surface area contributed by atoms with Gasteiger partial charge in [-0.3, -0.25) is 0 Å². The van der Waals surface area contributed by atoms with Crippen molar-refractivity contribution in [3.05, 3.63) is 137 Å². The molecule has 0 fully saturated rings. The molecule has 0 unspecified atom stereocenters. The molecule has 0 heterocycles. The Hall–Kier alpha value is -2.86. The minimum atomic E-state index is -3.03. The lowest BCUT2D eigenvalue weighted by Crippen LogP contribution is -2.14. The smallest absolute Gasteiger partial charge is 0.164 e. The van der Waals surface area contributed by atoms with Gasteiger partial charge in [0.1, 0.15) is 0 Å². The Morgan fingerprint density at radius 2 is 1.20 bits per heavy atom. The molecule has 0 aliphatic carbocycles. The lowest BCUT2D eigenvalue weighted by Gasteiger charge is -2.19. The molecule has 0 saturated carbocycles. The van der Waals surface area contributed by atoms with E-state index >= 15 is 0 Å². The van der Waals surface area contributed by atoms with E-state index in [0.29, 0.717) is 0 Å². The highest BCUT2D eigenvalue weighted by molar-refractivity contribution is 7.81. The van der Waals surface area contributed by atoms with Crippen LogP contribution in [0.5, 0.6) is 0 Å². The monoisotopic (exact) mass is 428 g/mol. The number of rotatable bonds is 5. The second-order valence-electron chi connectivity index (χ2n) is 7.20. The summed E-state index contributed by atoms with van der Waals surface area (Å²) in [5.74, 6) is 1.95. The third-order valence-electron chi connectivity index (χ3n) is 5.14. The lowest BCUT2D eigenvalue weighted by molar-refractivity contribution is 0.592. The van der Waals surface area contributed by atoms with Crippen LogP contribution in [0.2, 0.25) is 5.02 Å². The Morgan fingerprint density at radius 1 is 0.700 bits per heavy atom. The van der Waals surface area contributed by atoms with Gasteiger partial charge in [0.2, 0.25) is 0 Å². The first kappa shape index (κ1) is 20.4. The van der Waals surface area contributed by atoms with Crippen LogP contribution >= 0.6 is 18.7 Å². The van der Waals surface area contributed by atoms with Crippen LogP contribution in [0.25, 0.3) is 5.57 Å². The van der Waals surface area contributed by atoms with Gasteiger partial charge in [-0.05, 0) is 47.1 Å². The van der Waals surface area contributed by atoms with Crippen molar-refractivity contribution in [1.82, 2.24) is 0 Å². The van der Waals surface area contributed by atoms with Gasteiger partial charge < -0.3 is 4.57 Å².